The van der Waals surface area contributed by atoms with Gasteiger partial charge in [-0.15, -0.1) is 0 Å². The number of benzene rings is 3. The number of fused-ring (bicyclic) bond motifs is 1. The molecule has 0 radical (unpaired) electrons. The van der Waals surface area contributed by atoms with Gasteiger partial charge in [0.1, 0.15) is 5.75 Å². The summed E-state index contributed by atoms with van der Waals surface area (Å²) in [5, 5.41) is 0. The molecule has 0 bridgehead atoms. The fourth-order valence-corrected chi connectivity index (χ4v) is 4.83. The first-order valence-electron chi connectivity index (χ1n) is 12.3. The molecule has 0 aromatic heterocycles. The lowest BCUT2D eigenvalue weighted by Gasteiger charge is -2.36. The van der Waals surface area contributed by atoms with Crippen LogP contribution in [0.15, 0.2) is 72.8 Å². The van der Waals surface area contributed by atoms with Crippen LogP contribution in [-0.2, 0) is 17.8 Å². The van der Waals surface area contributed by atoms with Gasteiger partial charge in [0.15, 0.2) is 6.61 Å². The maximum absolute atomic E-state index is 13.2. The molecule has 0 unspecified atom stereocenters. The Hall–Kier alpha value is -3.80. The quantitative estimate of drug-likeness (QED) is 0.549. The molecule has 0 saturated carbocycles. The van der Waals surface area contributed by atoms with Crippen LogP contribution in [-0.4, -0.2) is 60.9 Å². The monoisotopic (exact) mass is 469 g/mol. The van der Waals surface area contributed by atoms with Crippen LogP contribution in [0.1, 0.15) is 27.0 Å². The third-order valence-corrected chi connectivity index (χ3v) is 6.88. The minimum Gasteiger partial charge on any atom is -0.483 e. The lowest BCUT2D eigenvalue weighted by atomic mass is 9.97. The van der Waals surface area contributed by atoms with Crippen molar-refractivity contribution in [1.82, 2.24) is 9.80 Å². The molecule has 180 valence electrons. The summed E-state index contributed by atoms with van der Waals surface area (Å²) >= 11 is 0. The lowest BCUT2D eigenvalue weighted by molar-refractivity contribution is -0.133. The number of carbonyl (C=O) groups excluding carboxylic acids is 2. The average molecular weight is 470 g/mol. The molecule has 3 aromatic rings. The second-order valence-electron chi connectivity index (χ2n) is 9.24. The van der Waals surface area contributed by atoms with Crippen molar-refractivity contribution >= 4 is 17.5 Å². The molecule has 0 N–H and O–H groups in total. The highest BCUT2D eigenvalue weighted by Gasteiger charge is 2.27. The molecule has 0 atom stereocenters. The molecule has 6 heteroatoms. The molecular weight excluding hydrogens is 438 g/mol. The molecule has 35 heavy (non-hydrogen) atoms. The van der Waals surface area contributed by atoms with Gasteiger partial charge in [-0.1, -0.05) is 54.1 Å². The van der Waals surface area contributed by atoms with Crippen LogP contribution in [0.25, 0.3) is 0 Å². The third-order valence-electron chi connectivity index (χ3n) is 6.88. The number of para-hydroxylation sites is 1. The number of amides is 2. The fourth-order valence-electron chi connectivity index (χ4n) is 4.83. The van der Waals surface area contributed by atoms with Gasteiger partial charge < -0.3 is 19.4 Å². The van der Waals surface area contributed by atoms with Crippen molar-refractivity contribution in [2.45, 2.75) is 19.9 Å². The zero-order valence-electron chi connectivity index (χ0n) is 20.2. The Kier molecular flexibility index (Phi) is 6.70. The van der Waals surface area contributed by atoms with Crippen LogP contribution in [0.3, 0.4) is 0 Å². The smallest absolute Gasteiger partial charge is 0.260 e. The van der Waals surface area contributed by atoms with Crippen LogP contribution in [0, 0.1) is 6.92 Å². The number of anilines is 1. The maximum atomic E-state index is 13.2. The van der Waals surface area contributed by atoms with Gasteiger partial charge in [0, 0.05) is 56.1 Å². The van der Waals surface area contributed by atoms with E-state index in [4.69, 9.17) is 4.74 Å². The zero-order chi connectivity index (χ0) is 24.2. The van der Waals surface area contributed by atoms with E-state index in [2.05, 4.69) is 48.2 Å². The number of aryl methyl sites for hydroxylation is 1. The van der Waals surface area contributed by atoms with Crippen LogP contribution in [0.4, 0.5) is 5.69 Å². The molecule has 2 heterocycles. The Morgan fingerprint density at radius 3 is 2.34 bits per heavy atom. The Morgan fingerprint density at radius 1 is 0.857 bits per heavy atom. The number of nitrogens with zero attached hydrogens (tertiary/aromatic N) is 3. The third kappa shape index (κ3) is 5.16. The van der Waals surface area contributed by atoms with E-state index in [1.807, 2.05) is 46.2 Å². The van der Waals surface area contributed by atoms with Crippen molar-refractivity contribution in [2.24, 2.45) is 0 Å². The molecule has 1 fully saturated rings. The molecule has 0 spiro atoms. The van der Waals surface area contributed by atoms with E-state index >= 15 is 0 Å². The second-order valence-corrected chi connectivity index (χ2v) is 9.24. The molecular formula is C29H31N3O3. The highest BCUT2D eigenvalue weighted by Crippen LogP contribution is 2.29. The minimum atomic E-state index is -0.0153. The van der Waals surface area contributed by atoms with E-state index in [9.17, 15) is 9.59 Å². The number of ether oxygens (including phenoxy) is 1. The summed E-state index contributed by atoms with van der Waals surface area (Å²) in [6, 6.07) is 24.1. The van der Waals surface area contributed by atoms with Gasteiger partial charge >= 0.3 is 0 Å². The van der Waals surface area contributed by atoms with Crippen molar-refractivity contribution < 1.29 is 14.3 Å². The SMILES string of the molecule is Cc1ccc(CN2CCc3c(OCC(=O)N4CCN(c5ccccc5)CC4)cccc3C2=O)cc1. The van der Waals surface area contributed by atoms with E-state index in [0.717, 1.165) is 24.2 Å². The van der Waals surface area contributed by atoms with Gasteiger partial charge in [0.25, 0.3) is 11.8 Å². The Morgan fingerprint density at radius 2 is 1.60 bits per heavy atom. The first-order valence-corrected chi connectivity index (χ1v) is 12.3. The highest BCUT2D eigenvalue weighted by atomic mass is 16.5. The fraction of sp³-hybridized carbons (Fsp3) is 0.310. The summed E-state index contributed by atoms with van der Waals surface area (Å²) in [5.74, 6) is 0.640. The van der Waals surface area contributed by atoms with Crippen LogP contribution < -0.4 is 9.64 Å². The van der Waals surface area contributed by atoms with E-state index in [-0.39, 0.29) is 18.4 Å². The van der Waals surface area contributed by atoms with E-state index in [1.54, 1.807) is 0 Å². The van der Waals surface area contributed by atoms with E-state index in [0.29, 0.717) is 43.9 Å². The van der Waals surface area contributed by atoms with Crippen molar-refractivity contribution in [3.63, 3.8) is 0 Å². The molecule has 3 aromatic carbocycles. The number of hydrogen-bond acceptors (Lipinski definition) is 4. The normalized spacial score (nSPS) is 15.7. The van der Waals surface area contributed by atoms with Crippen LogP contribution in [0.5, 0.6) is 5.75 Å². The Bertz CT molecular complexity index is 1190. The molecule has 2 aliphatic rings. The summed E-state index contributed by atoms with van der Waals surface area (Å²) in [6.45, 7) is 6.25. The zero-order valence-corrected chi connectivity index (χ0v) is 20.2. The second kappa shape index (κ2) is 10.2. The standard InChI is InChI=1S/C29H31N3O3/c1-22-10-12-23(13-11-22)20-32-15-14-25-26(29(32)34)8-5-9-27(25)35-21-28(33)31-18-16-30(17-19-31)24-6-3-2-4-7-24/h2-13H,14-21H2,1H3. The first kappa shape index (κ1) is 23.0. The molecule has 0 aliphatic carbocycles. The number of piperazine rings is 1. The number of rotatable bonds is 6. The van der Waals surface area contributed by atoms with Gasteiger partial charge in [-0.2, -0.15) is 0 Å². The maximum Gasteiger partial charge on any atom is 0.260 e. The minimum absolute atomic E-state index is 0.0109. The lowest BCUT2D eigenvalue weighted by Crippen LogP contribution is -2.50. The molecule has 2 amide bonds. The van der Waals surface area contributed by atoms with Gasteiger partial charge in [-0.05, 0) is 43.2 Å². The van der Waals surface area contributed by atoms with Crippen molar-refractivity contribution in [3.8, 4) is 5.75 Å². The van der Waals surface area contributed by atoms with Crippen LogP contribution in [0.2, 0.25) is 0 Å². The van der Waals surface area contributed by atoms with Gasteiger partial charge in [0.2, 0.25) is 0 Å². The van der Waals surface area contributed by atoms with Gasteiger partial charge in [0.05, 0.1) is 0 Å². The van der Waals surface area contributed by atoms with E-state index in [1.165, 1.54) is 11.3 Å². The van der Waals surface area contributed by atoms with Crippen molar-refractivity contribution in [3.05, 3.63) is 95.1 Å². The predicted octanol–water partition coefficient (Wildman–Crippen LogP) is 3.92. The Balaban J connectivity index is 1.18. The predicted molar refractivity (Wildman–Crippen MR) is 137 cm³/mol. The number of hydrogen-bond donors (Lipinski definition) is 0. The topological polar surface area (TPSA) is 53.1 Å². The average Bonchev–Trinajstić information content (AvgIpc) is 2.91. The summed E-state index contributed by atoms with van der Waals surface area (Å²) in [7, 11) is 0. The summed E-state index contributed by atoms with van der Waals surface area (Å²) in [4.78, 5) is 32.0. The van der Waals surface area contributed by atoms with Crippen LogP contribution >= 0.6 is 0 Å². The first-order chi connectivity index (χ1) is 17.1. The molecule has 1 saturated heterocycles. The Labute approximate surface area is 206 Å². The number of carbonyl (C=O) groups is 2. The van der Waals surface area contributed by atoms with Gasteiger partial charge in [-0.25, -0.2) is 0 Å². The molecule has 2 aliphatic heterocycles. The molecule has 5 rings (SSSR count). The van der Waals surface area contributed by atoms with Crippen molar-refractivity contribution in [1.29, 1.82) is 0 Å². The summed E-state index contributed by atoms with van der Waals surface area (Å²) in [5.41, 5.74) is 5.09. The largest absolute Gasteiger partial charge is 0.483 e. The summed E-state index contributed by atoms with van der Waals surface area (Å²) < 4.78 is 5.97. The van der Waals surface area contributed by atoms with Gasteiger partial charge in [-0.3, -0.25) is 9.59 Å². The van der Waals surface area contributed by atoms with E-state index < -0.39 is 0 Å². The van der Waals surface area contributed by atoms with Crippen molar-refractivity contribution in [2.75, 3.05) is 44.2 Å². The molecule has 6 nitrogen and oxygen atoms in total. The highest BCUT2D eigenvalue weighted by molar-refractivity contribution is 5.97. The summed E-state index contributed by atoms with van der Waals surface area (Å²) in [6.07, 6.45) is 0.715.